The lowest BCUT2D eigenvalue weighted by Crippen LogP contribution is -2.50. The molecule has 0 aromatic heterocycles. The second-order valence-electron chi connectivity index (χ2n) is 5.74. The van der Waals surface area contributed by atoms with Crippen molar-refractivity contribution in [3.8, 4) is 5.75 Å². The van der Waals surface area contributed by atoms with Gasteiger partial charge in [-0.05, 0) is 37.0 Å². The molecule has 1 heterocycles. The fourth-order valence-electron chi connectivity index (χ4n) is 2.86. The maximum atomic E-state index is 12.4. The Morgan fingerprint density at radius 1 is 1.39 bits per heavy atom. The van der Waals surface area contributed by atoms with Crippen LogP contribution in [0.1, 0.15) is 26.2 Å². The summed E-state index contributed by atoms with van der Waals surface area (Å²) in [5.74, 6) is -0.593. The van der Waals surface area contributed by atoms with E-state index in [4.69, 9.17) is 33.0 Å². The lowest BCUT2D eigenvalue weighted by molar-refractivity contribution is -0.144. The Labute approximate surface area is 145 Å². The first-order valence-corrected chi connectivity index (χ1v) is 8.23. The number of rotatable bonds is 5. The zero-order valence-corrected chi connectivity index (χ0v) is 14.3. The van der Waals surface area contributed by atoms with Crippen molar-refractivity contribution in [1.29, 1.82) is 0 Å². The molecule has 7 heteroatoms. The number of hydrogen-bond donors (Lipinski definition) is 1. The second-order valence-corrected chi connectivity index (χ2v) is 6.58. The molecular weight excluding hydrogens is 341 g/mol. The van der Waals surface area contributed by atoms with Gasteiger partial charge in [-0.3, -0.25) is 9.59 Å². The van der Waals surface area contributed by atoms with Crippen LogP contribution in [0.25, 0.3) is 0 Å². The highest BCUT2D eigenvalue weighted by Crippen LogP contribution is 2.29. The summed E-state index contributed by atoms with van der Waals surface area (Å²) >= 11 is 11.8. The van der Waals surface area contributed by atoms with Crippen molar-refractivity contribution >= 4 is 35.1 Å². The van der Waals surface area contributed by atoms with E-state index in [1.807, 2.05) is 6.92 Å². The molecule has 0 spiro atoms. The van der Waals surface area contributed by atoms with Crippen LogP contribution in [-0.2, 0) is 9.59 Å². The van der Waals surface area contributed by atoms with E-state index in [9.17, 15) is 9.59 Å². The van der Waals surface area contributed by atoms with Gasteiger partial charge in [0.05, 0.1) is 11.4 Å². The predicted molar refractivity (Wildman–Crippen MR) is 88.1 cm³/mol. The average Bonchev–Trinajstić information content (AvgIpc) is 2.47. The number of nitrogens with zero attached hydrogens (tertiary/aromatic N) is 1. The topological polar surface area (TPSA) is 66.8 Å². The Balaban J connectivity index is 2.01. The van der Waals surface area contributed by atoms with Crippen LogP contribution in [0.2, 0.25) is 10.0 Å². The summed E-state index contributed by atoms with van der Waals surface area (Å²) in [5, 5.41) is 9.87. The summed E-state index contributed by atoms with van der Waals surface area (Å²) in [7, 11) is 0. The van der Waals surface area contributed by atoms with Crippen LogP contribution in [0.5, 0.6) is 5.75 Å². The third kappa shape index (κ3) is 4.75. The first-order valence-electron chi connectivity index (χ1n) is 7.47. The molecule has 1 amide bonds. The van der Waals surface area contributed by atoms with Crippen molar-refractivity contribution in [2.24, 2.45) is 5.92 Å². The molecule has 0 aliphatic carbocycles. The third-order valence-electron chi connectivity index (χ3n) is 4.06. The maximum absolute atomic E-state index is 12.4. The van der Waals surface area contributed by atoms with E-state index >= 15 is 0 Å². The van der Waals surface area contributed by atoms with Crippen LogP contribution < -0.4 is 4.74 Å². The molecule has 1 aromatic carbocycles. The quantitative estimate of drug-likeness (QED) is 0.873. The van der Waals surface area contributed by atoms with Gasteiger partial charge in [-0.25, -0.2) is 0 Å². The number of piperidine rings is 1. The highest BCUT2D eigenvalue weighted by Gasteiger charge is 2.33. The van der Waals surface area contributed by atoms with Crippen LogP contribution in [-0.4, -0.2) is 41.1 Å². The van der Waals surface area contributed by atoms with Crippen molar-refractivity contribution < 1.29 is 19.4 Å². The van der Waals surface area contributed by atoms with Crippen LogP contribution in [0.4, 0.5) is 0 Å². The fourth-order valence-corrected chi connectivity index (χ4v) is 3.33. The van der Waals surface area contributed by atoms with Crippen molar-refractivity contribution in [2.75, 3.05) is 13.2 Å². The molecule has 1 aromatic rings. The summed E-state index contributed by atoms with van der Waals surface area (Å²) in [4.78, 5) is 25.1. The van der Waals surface area contributed by atoms with E-state index in [2.05, 4.69) is 0 Å². The largest absolute Gasteiger partial charge is 0.482 e. The third-order valence-corrected chi connectivity index (χ3v) is 4.60. The van der Waals surface area contributed by atoms with Gasteiger partial charge in [0, 0.05) is 17.6 Å². The van der Waals surface area contributed by atoms with E-state index in [1.165, 1.54) is 0 Å². The van der Waals surface area contributed by atoms with Gasteiger partial charge in [-0.1, -0.05) is 30.1 Å². The number of benzene rings is 1. The van der Waals surface area contributed by atoms with E-state index in [1.54, 1.807) is 23.1 Å². The van der Waals surface area contributed by atoms with Gasteiger partial charge in [0.1, 0.15) is 5.75 Å². The van der Waals surface area contributed by atoms with E-state index in [-0.39, 0.29) is 30.9 Å². The number of hydrogen-bond acceptors (Lipinski definition) is 3. The highest BCUT2D eigenvalue weighted by atomic mass is 35.5. The molecule has 23 heavy (non-hydrogen) atoms. The van der Waals surface area contributed by atoms with Crippen molar-refractivity contribution in [2.45, 2.75) is 32.2 Å². The SMILES string of the molecule is CC1CCCN(C(=O)COc2ccc(Cl)cc2Cl)C1CC(=O)O. The molecule has 0 saturated carbocycles. The molecule has 5 nitrogen and oxygen atoms in total. The number of aliphatic carboxylic acids is 1. The van der Waals surface area contributed by atoms with Crippen molar-refractivity contribution in [1.82, 2.24) is 4.90 Å². The Hall–Kier alpha value is -1.46. The molecule has 1 aliphatic rings. The van der Waals surface area contributed by atoms with Crippen LogP contribution in [0.3, 0.4) is 0 Å². The summed E-state index contributed by atoms with van der Waals surface area (Å²) in [5.41, 5.74) is 0. The molecule has 1 fully saturated rings. The number of carboxylic acids is 1. The van der Waals surface area contributed by atoms with Gasteiger partial charge < -0.3 is 14.7 Å². The lowest BCUT2D eigenvalue weighted by atomic mass is 9.88. The van der Waals surface area contributed by atoms with E-state index in [0.717, 1.165) is 12.8 Å². The molecule has 1 saturated heterocycles. The first kappa shape index (κ1) is 17.9. The van der Waals surface area contributed by atoms with Crippen LogP contribution in [0, 0.1) is 5.92 Å². The number of halogens is 2. The number of carboxylic acid groups (broad SMARTS) is 1. The minimum absolute atomic E-state index is 0.0470. The monoisotopic (exact) mass is 359 g/mol. The number of likely N-dealkylation sites (tertiary alicyclic amines) is 1. The van der Waals surface area contributed by atoms with Crippen LogP contribution >= 0.6 is 23.2 Å². The predicted octanol–water partition coefficient (Wildman–Crippen LogP) is 3.47. The Morgan fingerprint density at radius 3 is 2.78 bits per heavy atom. The smallest absolute Gasteiger partial charge is 0.305 e. The minimum atomic E-state index is -0.900. The van der Waals surface area contributed by atoms with Gasteiger partial charge in [0.25, 0.3) is 5.91 Å². The number of amides is 1. The van der Waals surface area contributed by atoms with Gasteiger partial charge in [0.15, 0.2) is 6.61 Å². The zero-order valence-electron chi connectivity index (χ0n) is 12.8. The maximum Gasteiger partial charge on any atom is 0.305 e. The Bertz CT molecular complexity index is 593. The lowest BCUT2D eigenvalue weighted by Gasteiger charge is -2.39. The van der Waals surface area contributed by atoms with Gasteiger partial charge in [-0.2, -0.15) is 0 Å². The number of carbonyl (C=O) groups excluding carboxylic acids is 1. The Kier molecular flexibility index (Phi) is 6.13. The van der Waals surface area contributed by atoms with Gasteiger partial charge >= 0.3 is 5.97 Å². The van der Waals surface area contributed by atoms with Crippen molar-refractivity contribution in [3.05, 3.63) is 28.2 Å². The first-order chi connectivity index (χ1) is 10.9. The van der Waals surface area contributed by atoms with Crippen LogP contribution in [0.15, 0.2) is 18.2 Å². The minimum Gasteiger partial charge on any atom is -0.482 e. The molecule has 2 atom stereocenters. The Morgan fingerprint density at radius 2 is 2.13 bits per heavy atom. The molecule has 2 unspecified atom stereocenters. The highest BCUT2D eigenvalue weighted by molar-refractivity contribution is 6.35. The summed E-state index contributed by atoms with van der Waals surface area (Å²) in [6.07, 6.45) is 1.74. The molecule has 2 rings (SSSR count). The second kappa shape index (κ2) is 7.88. The molecular formula is C16H19Cl2NO4. The molecule has 0 radical (unpaired) electrons. The molecule has 1 aliphatic heterocycles. The number of carbonyl (C=O) groups is 2. The van der Waals surface area contributed by atoms with Crippen molar-refractivity contribution in [3.63, 3.8) is 0 Å². The average molecular weight is 360 g/mol. The summed E-state index contributed by atoms with van der Waals surface area (Å²) < 4.78 is 5.47. The van der Waals surface area contributed by atoms with Gasteiger partial charge in [0.2, 0.25) is 0 Å². The molecule has 1 N–H and O–H groups in total. The molecule has 0 bridgehead atoms. The summed E-state index contributed by atoms with van der Waals surface area (Å²) in [6, 6.07) is 4.48. The standard InChI is InChI=1S/C16H19Cl2NO4/c1-10-3-2-6-19(13(10)8-16(21)22)15(20)9-23-14-5-4-11(17)7-12(14)18/h4-5,7,10,13H,2-3,6,8-9H2,1H3,(H,21,22). The number of ether oxygens (including phenoxy) is 1. The van der Waals surface area contributed by atoms with E-state index in [0.29, 0.717) is 22.3 Å². The summed E-state index contributed by atoms with van der Waals surface area (Å²) in [6.45, 7) is 2.35. The normalized spacial score (nSPS) is 21.1. The molecule has 126 valence electrons. The van der Waals surface area contributed by atoms with E-state index < -0.39 is 5.97 Å². The zero-order chi connectivity index (χ0) is 17.0. The van der Waals surface area contributed by atoms with Gasteiger partial charge in [-0.15, -0.1) is 0 Å². The fraction of sp³-hybridized carbons (Fsp3) is 0.500.